The summed E-state index contributed by atoms with van der Waals surface area (Å²) in [5.74, 6) is -1.63. The molecule has 2 heterocycles. The Morgan fingerprint density at radius 1 is 1.16 bits per heavy atom. The number of nitrogens with zero attached hydrogens (tertiary/aromatic N) is 3. The third-order valence-corrected chi connectivity index (χ3v) is 7.85. The van der Waals surface area contributed by atoms with Gasteiger partial charge in [-0.1, -0.05) is 54.9 Å². The number of piperidine rings is 1. The molecule has 0 bridgehead atoms. The molecule has 11 heteroatoms. The number of aldehydes is 1. The van der Waals surface area contributed by atoms with E-state index < -0.39 is 17.4 Å². The molecular weight excluding hydrogens is 601 g/mol. The monoisotopic (exact) mass is 641 g/mol. The van der Waals surface area contributed by atoms with Crippen molar-refractivity contribution in [2.75, 3.05) is 38.8 Å². The highest BCUT2D eigenvalue weighted by Crippen LogP contribution is 2.34. The van der Waals surface area contributed by atoms with E-state index in [1.807, 2.05) is 49.2 Å². The molecule has 1 aliphatic rings. The number of carbonyl (C=O) groups excluding carboxylic acids is 2. The fourth-order valence-electron chi connectivity index (χ4n) is 4.91. The number of hydrogen-bond donors (Lipinski definition) is 1. The molecule has 0 unspecified atom stereocenters. The Morgan fingerprint density at radius 2 is 1.82 bits per heavy atom. The van der Waals surface area contributed by atoms with Gasteiger partial charge in [0.25, 0.3) is 5.91 Å². The van der Waals surface area contributed by atoms with Gasteiger partial charge in [0.15, 0.2) is 11.9 Å². The molecule has 2 aromatic carbocycles. The van der Waals surface area contributed by atoms with E-state index in [9.17, 15) is 18.8 Å². The summed E-state index contributed by atoms with van der Waals surface area (Å²) >= 11 is 6.20. The number of pyridine rings is 1. The van der Waals surface area contributed by atoms with E-state index in [1.54, 1.807) is 36.9 Å². The molecule has 0 spiro atoms. The number of benzene rings is 2. The minimum Gasteiger partial charge on any atom is -0.481 e. The number of aliphatic carboxylic acids is 1. The first kappa shape index (κ1) is 35.5. The van der Waals surface area contributed by atoms with Gasteiger partial charge in [-0.15, -0.1) is 0 Å². The summed E-state index contributed by atoms with van der Waals surface area (Å²) < 4.78 is 25.4. The molecule has 0 saturated carbocycles. The molecule has 1 saturated heterocycles. The molecule has 1 amide bonds. The summed E-state index contributed by atoms with van der Waals surface area (Å²) in [7, 11) is 3.42. The standard InChI is InChI=1S/C28H29ClFN3O3.C6H12O3/c1-28(2,18-34)36-26-25(16-21(29)17-31-26)32(3)22-11-13-33(14-12-22)27(35)23-10-9-20(15-24(23)30)19-7-5-4-6-8-19;1-3-5(4-9-2)6(7)8/h4-10,15-18,22H,11-14H2,1-3H3;5H,3-4H2,1-2H3,(H,7,8)/t;5-/m.0/s1. The van der Waals surface area contributed by atoms with Gasteiger partial charge in [0.2, 0.25) is 5.88 Å². The van der Waals surface area contributed by atoms with Crippen molar-refractivity contribution >= 4 is 35.5 Å². The first-order valence-electron chi connectivity index (χ1n) is 14.8. The summed E-state index contributed by atoms with van der Waals surface area (Å²) in [5, 5.41) is 8.88. The lowest BCUT2D eigenvalue weighted by atomic mass is 10.0. The highest BCUT2D eigenvalue weighted by Gasteiger charge is 2.30. The van der Waals surface area contributed by atoms with Crippen LogP contribution in [0.3, 0.4) is 0 Å². The summed E-state index contributed by atoms with van der Waals surface area (Å²) in [6, 6.07) is 16.1. The quantitative estimate of drug-likeness (QED) is 0.240. The van der Waals surface area contributed by atoms with E-state index in [2.05, 4.69) is 9.72 Å². The topological polar surface area (TPSA) is 109 Å². The predicted molar refractivity (Wildman–Crippen MR) is 172 cm³/mol. The van der Waals surface area contributed by atoms with Crippen LogP contribution in [0.1, 0.15) is 50.4 Å². The average Bonchev–Trinajstić information content (AvgIpc) is 3.04. The number of anilines is 1. The molecule has 1 aromatic heterocycles. The van der Waals surface area contributed by atoms with Gasteiger partial charge >= 0.3 is 5.97 Å². The number of likely N-dealkylation sites (tertiary alicyclic amines) is 1. The zero-order valence-electron chi connectivity index (χ0n) is 26.3. The van der Waals surface area contributed by atoms with Crippen molar-refractivity contribution in [3.05, 3.63) is 77.2 Å². The lowest BCUT2D eigenvalue weighted by Crippen LogP contribution is -2.46. The Balaban J connectivity index is 0.000000535. The van der Waals surface area contributed by atoms with Gasteiger partial charge in [-0.25, -0.2) is 9.37 Å². The van der Waals surface area contributed by atoms with Crippen LogP contribution in [0.2, 0.25) is 5.02 Å². The summed E-state index contributed by atoms with van der Waals surface area (Å²) in [4.78, 5) is 42.7. The molecule has 4 rings (SSSR count). The van der Waals surface area contributed by atoms with Crippen LogP contribution in [-0.2, 0) is 14.3 Å². The van der Waals surface area contributed by atoms with Crippen LogP contribution in [0.4, 0.5) is 10.1 Å². The van der Waals surface area contributed by atoms with E-state index >= 15 is 0 Å². The molecule has 1 N–H and O–H groups in total. The molecule has 1 atom stereocenters. The van der Waals surface area contributed by atoms with Crippen molar-refractivity contribution in [1.82, 2.24) is 9.88 Å². The third kappa shape index (κ3) is 9.73. The number of carboxylic acids is 1. The van der Waals surface area contributed by atoms with Gasteiger partial charge in [-0.05, 0) is 62.4 Å². The highest BCUT2D eigenvalue weighted by molar-refractivity contribution is 6.30. The Hall–Kier alpha value is -4.02. The van der Waals surface area contributed by atoms with Crippen molar-refractivity contribution in [3.8, 4) is 17.0 Å². The van der Waals surface area contributed by atoms with Crippen molar-refractivity contribution in [2.24, 2.45) is 5.92 Å². The van der Waals surface area contributed by atoms with Gasteiger partial charge in [-0.3, -0.25) is 14.4 Å². The third-order valence-electron chi connectivity index (χ3n) is 7.64. The Bertz CT molecular complexity index is 1450. The van der Waals surface area contributed by atoms with Gasteiger partial charge in [-0.2, -0.15) is 0 Å². The minimum absolute atomic E-state index is 0.0762. The SMILES string of the molecule is CC[C@@H](COC)C(=O)O.CN(c1cc(Cl)cnc1OC(C)(C)C=O)C1CCN(C(=O)c2ccc(-c3ccccc3)cc2F)CC1. The number of ether oxygens (including phenoxy) is 2. The van der Waals surface area contributed by atoms with Gasteiger partial charge in [0.1, 0.15) is 11.5 Å². The number of rotatable bonds is 11. The minimum atomic E-state index is -1.04. The largest absolute Gasteiger partial charge is 0.481 e. The fraction of sp³-hybridized carbons (Fsp3) is 0.412. The van der Waals surface area contributed by atoms with Gasteiger partial charge in [0, 0.05) is 39.5 Å². The summed E-state index contributed by atoms with van der Waals surface area (Å²) in [5.41, 5.74) is 1.34. The molecule has 0 radical (unpaired) electrons. The van der Waals surface area contributed by atoms with E-state index in [4.69, 9.17) is 21.4 Å². The first-order valence-corrected chi connectivity index (χ1v) is 15.2. The predicted octanol–water partition coefficient (Wildman–Crippen LogP) is 6.38. The molecule has 45 heavy (non-hydrogen) atoms. The number of aromatic nitrogens is 1. The zero-order valence-corrected chi connectivity index (χ0v) is 27.1. The van der Waals surface area contributed by atoms with Crippen molar-refractivity contribution in [2.45, 2.75) is 51.7 Å². The molecule has 1 fully saturated rings. The highest BCUT2D eigenvalue weighted by atomic mass is 35.5. The molecule has 1 aliphatic heterocycles. The smallest absolute Gasteiger partial charge is 0.308 e. The van der Waals surface area contributed by atoms with Gasteiger partial charge in [0.05, 0.1) is 23.1 Å². The second kappa shape index (κ2) is 16.3. The summed E-state index contributed by atoms with van der Waals surface area (Å²) in [6.07, 6.45) is 4.18. The first-order chi connectivity index (χ1) is 21.4. The number of carboxylic acid groups (broad SMARTS) is 1. The molecule has 3 aromatic rings. The van der Waals surface area contributed by atoms with Crippen LogP contribution in [0, 0.1) is 11.7 Å². The number of halogens is 2. The lowest BCUT2D eigenvalue weighted by Gasteiger charge is -2.38. The van der Waals surface area contributed by atoms with Crippen molar-refractivity contribution < 1.29 is 33.4 Å². The van der Waals surface area contributed by atoms with Crippen LogP contribution < -0.4 is 9.64 Å². The molecule has 242 valence electrons. The molecular formula is C34H41ClFN3O6. The fourth-order valence-corrected chi connectivity index (χ4v) is 5.06. The van der Waals surface area contributed by atoms with Crippen LogP contribution in [0.15, 0.2) is 60.8 Å². The van der Waals surface area contributed by atoms with Crippen LogP contribution in [-0.4, -0.2) is 78.6 Å². The Kier molecular flexibility index (Phi) is 12.9. The van der Waals surface area contributed by atoms with Crippen LogP contribution >= 0.6 is 11.6 Å². The van der Waals surface area contributed by atoms with Crippen LogP contribution in [0.25, 0.3) is 11.1 Å². The van der Waals surface area contributed by atoms with E-state index in [0.717, 1.165) is 17.4 Å². The second-order valence-corrected chi connectivity index (χ2v) is 11.8. The number of methoxy groups -OCH3 is 1. The van der Waals surface area contributed by atoms with E-state index in [1.165, 1.54) is 19.4 Å². The summed E-state index contributed by atoms with van der Waals surface area (Å²) in [6.45, 7) is 6.43. The average molecular weight is 642 g/mol. The Morgan fingerprint density at radius 3 is 2.36 bits per heavy atom. The van der Waals surface area contributed by atoms with Crippen molar-refractivity contribution in [3.63, 3.8) is 0 Å². The van der Waals surface area contributed by atoms with Gasteiger partial charge < -0.3 is 24.4 Å². The number of carbonyl (C=O) groups is 3. The normalized spacial score (nSPS) is 14.2. The maximum absolute atomic E-state index is 14.9. The second-order valence-electron chi connectivity index (χ2n) is 11.4. The molecule has 9 nitrogen and oxygen atoms in total. The lowest BCUT2D eigenvalue weighted by molar-refractivity contribution is -0.143. The number of hydrogen-bond acceptors (Lipinski definition) is 7. The maximum Gasteiger partial charge on any atom is 0.308 e. The van der Waals surface area contributed by atoms with E-state index in [-0.39, 0.29) is 23.4 Å². The molecule has 0 aliphatic carbocycles. The van der Waals surface area contributed by atoms with Crippen molar-refractivity contribution in [1.29, 1.82) is 0 Å². The van der Waals surface area contributed by atoms with Crippen LogP contribution in [0.5, 0.6) is 5.88 Å². The van der Waals surface area contributed by atoms with E-state index in [0.29, 0.717) is 55.5 Å². The maximum atomic E-state index is 14.9. The number of amides is 1. The zero-order chi connectivity index (χ0) is 33.1. The Labute approximate surface area is 268 Å².